The van der Waals surface area contributed by atoms with Gasteiger partial charge in [0.05, 0.1) is 6.61 Å². The van der Waals surface area contributed by atoms with Crippen LogP contribution in [0.15, 0.2) is 24.3 Å². The summed E-state index contributed by atoms with van der Waals surface area (Å²) in [6.07, 6.45) is 3.70. The summed E-state index contributed by atoms with van der Waals surface area (Å²) in [4.78, 5) is 0. The number of ether oxygens (including phenoxy) is 1. The first-order valence-electron chi connectivity index (χ1n) is 6.60. The lowest BCUT2D eigenvalue weighted by atomic mass is 10.1. The maximum atomic E-state index is 5.15. The molecule has 0 amide bonds. The van der Waals surface area contributed by atoms with Crippen LogP contribution in [0.5, 0.6) is 0 Å². The molecule has 17 heavy (non-hydrogen) atoms. The van der Waals surface area contributed by atoms with Crippen molar-refractivity contribution >= 4 is 0 Å². The van der Waals surface area contributed by atoms with Gasteiger partial charge in [-0.3, -0.25) is 0 Å². The molecule has 96 valence electrons. The second-order valence-electron chi connectivity index (χ2n) is 4.53. The molecule has 0 aliphatic rings. The molecule has 0 saturated carbocycles. The zero-order valence-electron chi connectivity index (χ0n) is 11.3. The molecule has 0 aromatic heterocycles. The van der Waals surface area contributed by atoms with Gasteiger partial charge in [0.15, 0.2) is 0 Å². The van der Waals surface area contributed by atoms with E-state index in [1.165, 1.54) is 30.4 Å². The van der Waals surface area contributed by atoms with Gasteiger partial charge in [0.25, 0.3) is 0 Å². The fraction of sp³-hybridized carbons (Fsp3) is 0.600. The molecule has 0 fully saturated rings. The Morgan fingerprint density at radius 2 is 2.00 bits per heavy atom. The van der Waals surface area contributed by atoms with Crippen molar-refractivity contribution in [3.63, 3.8) is 0 Å². The Labute approximate surface area is 105 Å². The van der Waals surface area contributed by atoms with Gasteiger partial charge in [-0.25, -0.2) is 0 Å². The number of methoxy groups -OCH3 is 1. The summed E-state index contributed by atoms with van der Waals surface area (Å²) in [5, 5.41) is 3.62. The summed E-state index contributed by atoms with van der Waals surface area (Å²) >= 11 is 0. The Morgan fingerprint density at radius 1 is 1.24 bits per heavy atom. The van der Waals surface area contributed by atoms with Crippen molar-refractivity contribution in [2.45, 2.75) is 52.3 Å². The first-order chi connectivity index (χ1) is 8.30. The van der Waals surface area contributed by atoms with Crippen LogP contribution in [0.25, 0.3) is 0 Å². The quantitative estimate of drug-likeness (QED) is 0.744. The molecule has 1 atom stereocenters. The molecule has 1 N–H and O–H groups in total. The van der Waals surface area contributed by atoms with Crippen LogP contribution >= 0.6 is 0 Å². The smallest absolute Gasteiger partial charge is 0.0713 e. The van der Waals surface area contributed by atoms with E-state index >= 15 is 0 Å². The molecule has 1 unspecified atom stereocenters. The normalized spacial score (nSPS) is 12.6. The molecule has 1 rings (SSSR count). The highest BCUT2D eigenvalue weighted by atomic mass is 16.5. The molecular formula is C15H25NO. The summed E-state index contributed by atoms with van der Waals surface area (Å²) in [5.74, 6) is 0. The van der Waals surface area contributed by atoms with E-state index in [-0.39, 0.29) is 0 Å². The lowest BCUT2D eigenvalue weighted by Crippen LogP contribution is -2.27. The lowest BCUT2D eigenvalue weighted by molar-refractivity contribution is 0.185. The van der Waals surface area contributed by atoms with E-state index in [0.29, 0.717) is 12.6 Å². The maximum Gasteiger partial charge on any atom is 0.0713 e. The Balaban J connectivity index is 2.47. The van der Waals surface area contributed by atoms with Crippen molar-refractivity contribution in [1.29, 1.82) is 0 Å². The van der Waals surface area contributed by atoms with Gasteiger partial charge in [0, 0.05) is 19.7 Å². The van der Waals surface area contributed by atoms with Gasteiger partial charge in [0.1, 0.15) is 0 Å². The number of hydrogen-bond donors (Lipinski definition) is 1. The molecule has 0 radical (unpaired) electrons. The zero-order valence-corrected chi connectivity index (χ0v) is 11.3. The number of hydrogen-bond acceptors (Lipinski definition) is 2. The topological polar surface area (TPSA) is 21.3 Å². The van der Waals surface area contributed by atoms with Crippen LogP contribution in [-0.4, -0.2) is 13.2 Å². The molecule has 1 aromatic rings. The van der Waals surface area contributed by atoms with Crippen LogP contribution in [0.2, 0.25) is 0 Å². The largest absolute Gasteiger partial charge is 0.380 e. The zero-order chi connectivity index (χ0) is 12.5. The second kappa shape index (κ2) is 8.26. The van der Waals surface area contributed by atoms with E-state index in [9.17, 15) is 0 Å². The molecule has 2 heteroatoms. The van der Waals surface area contributed by atoms with Gasteiger partial charge in [-0.2, -0.15) is 0 Å². The van der Waals surface area contributed by atoms with Crippen molar-refractivity contribution in [1.82, 2.24) is 5.32 Å². The molecule has 0 bridgehead atoms. The highest BCUT2D eigenvalue weighted by molar-refractivity contribution is 5.22. The third-order valence-electron chi connectivity index (χ3n) is 3.03. The van der Waals surface area contributed by atoms with E-state index in [2.05, 4.69) is 43.4 Å². The predicted molar refractivity (Wildman–Crippen MR) is 73.0 cm³/mol. The molecule has 0 heterocycles. The van der Waals surface area contributed by atoms with E-state index < -0.39 is 0 Å². The summed E-state index contributed by atoms with van der Waals surface area (Å²) in [6.45, 7) is 6.13. The van der Waals surface area contributed by atoms with Crippen molar-refractivity contribution < 1.29 is 4.74 Å². The second-order valence-corrected chi connectivity index (χ2v) is 4.53. The van der Waals surface area contributed by atoms with Crippen LogP contribution in [-0.2, 0) is 17.9 Å². The highest BCUT2D eigenvalue weighted by Crippen LogP contribution is 2.08. The van der Waals surface area contributed by atoms with Crippen LogP contribution in [0, 0.1) is 0 Å². The Kier molecular flexibility index (Phi) is 6.90. The van der Waals surface area contributed by atoms with Gasteiger partial charge >= 0.3 is 0 Å². The van der Waals surface area contributed by atoms with Gasteiger partial charge in [-0.15, -0.1) is 0 Å². The van der Waals surface area contributed by atoms with Gasteiger partial charge in [-0.1, -0.05) is 44.5 Å². The standard InChI is InChI=1S/C15H25NO/c1-4-7-15(5-2)16-11-13-8-6-9-14(10-13)12-17-3/h6,8-10,15-16H,4-5,7,11-12H2,1-3H3. The molecule has 0 aliphatic carbocycles. The van der Waals surface area contributed by atoms with Gasteiger partial charge < -0.3 is 10.1 Å². The third kappa shape index (κ3) is 5.33. The fourth-order valence-corrected chi connectivity index (χ4v) is 2.06. The lowest BCUT2D eigenvalue weighted by Gasteiger charge is -2.16. The molecule has 2 nitrogen and oxygen atoms in total. The Morgan fingerprint density at radius 3 is 2.65 bits per heavy atom. The summed E-state index contributed by atoms with van der Waals surface area (Å²) in [5.41, 5.74) is 2.59. The van der Waals surface area contributed by atoms with E-state index in [1.807, 2.05) is 0 Å². The molecule has 1 aromatic carbocycles. The van der Waals surface area contributed by atoms with E-state index in [0.717, 1.165) is 6.54 Å². The highest BCUT2D eigenvalue weighted by Gasteiger charge is 2.04. The van der Waals surface area contributed by atoms with Crippen LogP contribution in [0.1, 0.15) is 44.2 Å². The summed E-state index contributed by atoms with van der Waals surface area (Å²) in [6, 6.07) is 9.24. The van der Waals surface area contributed by atoms with Gasteiger partial charge in [-0.05, 0) is 24.0 Å². The van der Waals surface area contributed by atoms with Crippen LogP contribution in [0.3, 0.4) is 0 Å². The number of nitrogens with one attached hydrogen (secondary N) is 1. The summed E-state index contributed by atoms with van der Waals surface area (Å²) in [7, 11) is 1.74. The average molecular weight is 235 g/mol. The predicted octanol–water partition coefficient (Wildman–Crippen LogP) is 3.50. The number of rotatable bonds is 8. The number of benzene rings is 1. The minimum atomic E-state index is 0.645. The summed E-state index contributed by atoms with van der Waals surface area (Å²) < 4.78 is 5.15. The fourth-order valence-electron chi connectivity index (χ4n) is 2.06. The minimum Gasteiger partial charge on any atom is -0.380 e. The average Bonchev–Trinajstić information content (AvgIpc) is 2.35. The molecule has 0 spiro atoms. The maximum absolute atomic E-state index is 5.15. The Bertz CT molecular complexity index is 312. The van der Waals surface area contributed by atoms with Crippen molar-refractivity contribution in [2.24, 2.45) is 0 Å². The van der Waals surface area contributed by atoms with Crippen LogP contribution < -0.4 is 5.32 Å². The van der Waals surface area contributed by atoms with Crippen molar-refractivity contribution in [3.8, 4) is 0 Å². The monoisotopic (exact) mass is 235 g/mol. The van der Waals surface area contributed by atoms with E-state index in [4.69, 9.17) is 4.74 Å². The van der Waals surface area contributed by atoms with Crippen molar-refractivity contribution in [2.75, 3.05) is 7.11 Å². The SMILES string of the molecule is CCCC(CC)NCc1cccc(COC)c1. The molecular weight excluding hydrogens is 210 g/mol. The first-order valence-corrected chi connectivity index (χ1v) is 6.60. The van der Waals surface area contributed by atoms with Crippen LogP contribution in [0.4, 0.5) is 0 Å². The molecule has 0 aliphatic heterocycles. The third-order valence-corrected chi connectivity index (χ3v) is 3.03. The molecule has 0 saturated heterocycles. The first kappa shape index (κ1) is 14.2. The van der Waals surface area contributed by atoms with E-state index in [1.54, 1.807) is 7.11 Å². The Hall–Kier alpha value is -0.860. The van der Waals surface area contributed by atoms with Gasteiger partial charge in [0.2, 0.25) is 0 Å². The van der Waals surface area contributed by atoms with Crippen molar-refractivity contribution in [3.05, 3.63) is 35.4 Å². The minimum absolute atomic E-state index is 0.645.